The Hall–Kier alpha value is -1.84. The largest absolute Gasteiger partial charge is 0.481 e. The van der Waals surface area contributed by atoms with Crippen molar-refractivity contribution in [3.05, 3.63) is 35.9 Å². The van der Waals surface area contributed by atoms with E-state index in [0.717, 1.165) is 18.5 Å². The number of likely N-dealkylation sites (tertiary alicyclic amines) is 1. The van der Waals surface area contributed by atoms with Gasteiger partial charge in [0.15, 0.2) is 0 Å². The van der Waals surface area contributed by atoms with E-state index >= 15 is 0 Å². The Kier molecular flexibility index (Phi) is 4.66. The first-order valence-corrected chi connectivity index (χ1v) is 7.48. The topological polar surface area (TPSA) is 57.6 Å². The molecule has 114 valence electrons. The summed E-state index contributed by atoms with van der Waals surface area (Å²) in [6.45, 7) is 5.33. The molecule has 4 nitrogen and oxygen atoms in total. The van der Waals surface area contributed by atoms with E-state index in [1.54, 1.807) is 0 Å². The van der Waals surface area contributed by atoms with Crippen LogP contribution >= 0.6 is 0 Å². The highest BCUT2D eigenvalue weighted by Crippen LogP contribution is 2.29. The van der Waals surface area contributed by atoms with Crippen molar-refractivity contribution < 1.29 is 14.7 Å². The Morgan fingerprint density at radius 2 is 1.95 bits per heavy atom. The van der Waals surface area contributed by atoms with Crippen molar-refractivity contribution in [2.45, 2.75) is 38.5 Å². The molecule has 0 aliphatic carbocycles. The van der Waals surface area contributed by atoms with Crippen LogP contribution in [-0.4, -0.2) is 35.0 Å². The standard InChI is InChI=1S/C17H23NO3/c1-17(2,14-6-4-3-5-7-14)16(21)18-11-10-13(12-18)8-9-15(19)20/h3-7,13H,8-12H2,1-2H3,(H,19,20). The molecule has 21 heavy (non-hydrogen) atoms. The molecule has 1 atom stereocenters. The highest BCUT2D eigenvalue weighted by molar-refractivity contribution is 5.87. The maximum atomic E-state index is 12.8. The Labute approximate surface area is 125 Å². The van der Waals surface area contributed by atoms with Crippen molar-refractivity contribution in [1.82, 2.24) is 4.90 Å². The van der Waals surface area contributed by atoms with Crippen LogP contribution in [0.4, 0.5) is 0 Å². The number of rotatable bonds is 5. The highest BCUT2D eigenvalue weighted by atomic mass is 16.4. The zero-order valence-electron chi connectivity index (χ0n) is 12.7. The molecule has 1 aromatic carbocycles. The molecule has 1 aromatic rings. The van der Waals surface area contributed by atoms with Crippen LogP contribution in [0.25, 0.3) is 0 Å². The first kappa shape index (κ1) is 15.5. The van der Waals surface area contributed by atoms with E-state index in [4.69, 9.17) is 5.11 Å². The summed E-state index contributed by atoms with van der Waals surface area (Å²) in [7, 11) is 0. The maximum absolute atomic E-state index is 12.8. The molecular weight excluding hydrogens is 266 g/mol. The van der Waals surface area contributed by atoms with Gasteiger partial charge in [-0.15, -0.1) is 0 Å². The van der Waals surface area contributed by atoms with E-state index in [2.05, 4.69) is 0 Å². The molecular formula is C17H23NO3. The number of carbonyl (C=O) groups excluding carboxylic acids is 1. The molecule has 1 heterocycles. The summed E-state index contributed by atoms with van der Waals surface area (Å²) < 4.78 is 0. The number of nitrogens with zero attached hydrogens (tertiary/aromatic N) is 1. The molecule has 0 saturated carbocycles. The zero-order valence-corrected chi connectivity index (χ0v) is 12.7. The summed E-state index contributed by atoms with van der Waals surface area (Å²) in [6, 6.07) is 9.81. The van der Waals surface area contributed by atoms with Gasteiger partial charge in [-0.05, 0) is 38.2 Å². The van der Waals surface area contributed by atoms with E-state index in [-0.39, 0.29) is 12.3 Å². The number of aliphatic carboxylic acids is 1. The van der Waals surface area contributed by atoms with Crippen LogP contribution in [0.2, 0.25) is 0 Å². The lowest BCUT2D eigenvalue weighted by molar-refractivity contribution is -0.137. The van der Waals surface area contributed by atoms with Gasteiger partial charge in [0.05, 0.1) is 5.41 Å². The van der Waals surface area contributed by atoms with E-state index < -0.39 is 11.4 Å². The molecule has 1 saturated heterocycles. The van der Waals surface area contributed by atoms with Crippen LogP contribution in [0.1, 0.15) is 38.7 Å². The second kappa shape index (κ2) is 6.29. The molecule has 1 amide bonds. The third kappa shape index (κ3) is 3.63. The third-order valence-corrected chi connectivity index (χ3v) is 4.37. The average Bonchev–Trinajstić information content (AvgIpc) is 2.94. The van der Waals surface area contributed by atoms with Crippen molar-refractivity contribution in [2.24, 2.45) is 5.92 Å². The summed E-state index contributed by atoms with van der Waals surface area (Å²) in [6.07, 6.45) is 1.75. The molecule has 1 unspecified atom stereocenters. The van der Waals surface area contributed by atoms with Crippen molar-refractivity contribution in [2.75, 3.05) is 13.1 Å². The highest BCUT2D eigenvalue weighted by Gasteiger charge is 2.36. The van der Waals surface area contributed by atoms with E-state index in [1.807, 2.05) is 49.1 Å². The van der Waals surface area contributed by atoms with Crippen LogP contribution in [0.5, 0.6) is 0 Å². The lowest BCUT2D eigenvalue weighted by Gasteiger charge is -2.29. The molecule has 0 radical (unpaired) electrons. The number of benzene rings is 1. The van der Waals surface area contributed by atoms with Gasteiger partial charge < -0.3 is 10.0 Å². The van der Waals surface area contributed by atoms with Crippen molar-refractivity contribution in [3.8, 4) is 0 Å². The van der Waals surface area contributed by atoms with Gasteiger partial charge in [0.25, 0.3) is 0 Å². The number of carboxylic acids is 1. The number of hydrogen-bond donors (Lipinski definition) is 1. The van der Waals surface area contributed by atoms with Gasteiger partial charge >= 0.3 is 5.97 Å². The van der Waals surface area contributed by atoms with Gasteiger partial charge in [-0.3, -0.25) is 9.59 Å². The fourth-order valence-electron chi connectivity index (χ4n) is 2.95. The summed E-state index contributed by atoms with van der Waals surface area (Å²) in [4.78, 5) is 25.3. The molecule has 1 N–H and O–H groups in total. The third-order valence-electron chi connectivity index (χ3n) is 4.37. The van der Waals surface area contributed by atoms with Gasteiger partial charge in [-0.25, -0.2) is 0 Å². The second-order valence-corrected chi connectivity index (χ2v) is 6.33. The quantitative estimate of drug-likeness (QED) is 0.906. The molecule has 0 aromatic heterocycles. The van der Waals surface area contributed by atoms with Gasteiger partial charge in [-0.1, -0.05) is 30.3 Å². The minimum Gasteiger partial charge on any atom is -0.481 e. The fraction of sp³-hybridized carbons (Fsp3) is 0.529. The van der Waals surface area contributed by atoms with Gasteiger partial charge in [0.2, 0.25) is 5.91 Å². The number of carboxylic acid groups (broad SMARTS) is 1. The number of amides is 1. The van der Waals surface area contributed by atoms with Gasteiger partial charge in [-0.2, -0.15) is 0 Å². The van der Waals surface area contributed by atoms with Crippen molar-refractivity contribution in [3.63, 3.8) is 0 Å². The molecule has 0 bridgehead atoms. The minimum atomic E-state index is -0.760. The molecule has 0 spiro atoms. The number of carbonyl (C=O) groups is 2. The SMILES string of the molecule is CC(C)(C(=O)N1CCC(CCC(=O)O)C1)c1ccccc1. The molecule has 1 aliphatic rings. The van der Waals surface area contributed by atoms with Crippen LogP contribution in [-0.2, 0) is 15.0 Å². The average molecular weight is 289 g/mol. The van der Waals surface area contributed by atoms with Crippen LogP contribution in [0.15, 0.2) is 30.3 Å². The predicted molar refractivity (Wildman–Crippen MR) is 81.0 cm³/mol. The summed E-state index contributed by atoms with van der Waals surface area (Å²) in [5.74, 6) is -0.312. The fourth-order valence-corrected chi connectivity index (χ4v) is 2.95. The van der Waals surface area contributed by atoms with E-state index in [0.29, 0.717) is 18.9 Å². The normalized spacial score (nSPS) is 18.8. The van der Waals surface area contributed by atoms with Crippen LogP contribution in [0.3, 0.4) is 0 Å². The van der Waals surface area contributed by atoms with Crippen molar-refractivity contribution >= 4 is 11.9 Å². The van der Waals surface area contributed by atoms with Crippen LogP contribution < -0.4 is 0 Å². The lowest BCUT2D eigenvalue weighted by atomic mass is 9.83. The molecule has 1 fully saturated rings. The smallest absolute Gasteiger partial charge is 0.303 e. The lowest BCUT2D eigenvalue weighted by Crippen LogP contribution is -2.42. The van der Waals surface area contributed by atoms with Gasteiger partial charge in [0.1, 0.15) is 0 Å². The molecule has 1 aliphatic heterocycles. The summed E-state index contributed by atoms with van der Waals surface area (Å²) in [5, 5.41) is 8.75. The van der Waals surface area contributed by atoms with Gasteiger partial charge in [0, 0.05) is 19.5 Å². The van der Waals surface area contributed by atoms with E-state index in [1.165, 1.54) is 0 Å². The first-order valence-electron chi connectivity index (χ1n) is 7.48. The molecule has 4 heteroatoms. The Morgan fingerprint density at radius 1 is 1.29 bits per heavy atom. The Bertz CT molecular complexity index is 510. The predicted octanol–water partition coefficient (Wildman–Crippen LogP) is 2.68. The zero-order chi connectivity index (χ0) is 15.5. The van der Waals surface area contributed by atoms with E-state index in [9.17, 15) is 9.59 Å². The molecule has 2 rings (SSSR count). The Morgan fingerprint density at radius 3 is 2.57 bits per heavy atom. The first-order chi connectivity index (χ1) is 9.91. The second-order valence-electron chi connectivity index (χ2n) is 6.33. The number of hydrogen-bond acceptors (Lipinski definition) is 2. The maximum Gasteiger partial charge on any atom is 0.303 e. The Balaban J connectivity index is 1.99. The minimum absolute atomic E-state index is 0.131. The monoisotopic (exact) mass is 289 g/mol. The summed E-state index contributed by atoms with van der Waals surface area (Å²) in [5.41, 5.74) is 0.479. The van der Waals surface area contributed by atoms with Crippen LogP contribution in [0, 0.1) is 5.92 Å². The van der Waals surface area contributed by atoms with Crippen molar-refractivity contribution in [1.29, 1.82) is 0 Å². The summed E-state index contributed by atoms with van der Waals surface area (Å²) >= 11 is 0.